The summed E-state index contributed by atoms with van der Waals surface area (Å²) in [7, 11) is 0. The summed E-state index contributed by atoms with van der Waals surface area (Å²) in [6.45, 7) is 23.2. The van der Waals surface area contributed by atoms with Crippen LogP contribution in [0.1, 0.15) is 6.42 Å². The maximum Gasteiger partial charge on any atom is 0.330 e. The molecule has 0 rings (SSSR count). The van der Waals surface area contributed by atoms with Crippen LogP contribution in [0.4, 0.5) is 0 Å². The highest BCUT2D eigenvalue weighted by Crippen LogP contribution is 2.26. The van der Waals surface area contributed by atoms with Gasteiger partial charge in [0.25, 0.3) is 0 Å². The van der Waals surface area contributed by atoms with Crippen LogP contribution in [0.3, 0.4) is 0 Å². The Hall–Kier alpha value is -5.26. The molecule has 0 saturated heterocycles. The molecule has 0 fully saturated rings. The highest BCUT2D eigenvalue weighted by molar-refractivity contribution is 5.82. The third-order valence-electron chi connectivity index (χ3n) is 9.54. The highest BCUT2D eigenvalue weighted by Gasteiger charge is 2.37. The van der Waals surface area contributed by atoms with Gasteiger partial charge in [0.1, 0.15) is 33.0 Å². The van der Waals surface area contributed by atoms with Crippen molar-refractivity contribution in [2.75, 3.05) is 211 Å². The fraction of sp³-hybridized carbons (Fsp3) is 0.660. The van der Waals surface area contributed by atoms with Crippen molar-refractivity contribution in [3.8, 4) is 0 Å². The first-order valence-electron chi connectivity index (χ1n) is 25.2. The zero-order valence-corrected chi connectivity index (χ0v) is 45.2. The molecule has 0 unspecified atom stereocenters. The summed E-state index contributed by atoms with van der Waals surface area (Å²) in [6, 6.07) is 0. The Morgan fingerprint density at radius 2 is 0.385 bits per heavy atom. The minimum Gasteiger partial charge on any atom is -0.462 e. The van der Waals surface area contributed by atoms with Gasteiger partial charge in [0.2, 0.25) is 0 Å². The van der Waals surface area contributed by atoms with E-state index in [4.69, 9.17) is 90.0 Å². The Morgan fingerprint density at radius 3 is 0.603 bits per heavy atom. The Bertz CT molecular complexity index is 1530. The van der Waals surface area contributed by atoms with Gasteiger partial charge in [-0.15, -0.1) is 0 Å². The maximum atomic E-state index is 11.4. The third-order valence-corrected chi connectivity index (χ3v) is 9.54. The fourth-order valence-electron chi connectivity index (χ4n) is 5.73. The first kappa shape index (κ1) is 72.7. The molecule has 0 atom stereocenters. The molecule has 25 nitrogen and oxygen atoms in total. The molecular formula is C53H84O25. The van der Waals surface area contributed by atoms with Crippen LogP contribution in [-0.2, 0) is 119 Å². The lowest BCUT2D eigenvalue weighted by molar-refractivity contribution is -0.151. The third kappa shape index (κ3) is 44.7. The van der Waals surface area contributed by atoms with Crippen LogP contribution in [0.15, 0.2) is 75.9 Å². The van der Waals surface area contributed by atoms with E-state index in [1.807, 2.05) is 0 Å². The molecule has 0 N–H and O–H groups in total. The van der Waals surface area contributed by atoms with Crippen molar-refractivity contribution in [3.63, 3.8) is 0 Å². The van der Waals surface area contributed by atoms with Gasteiger partial charge in [-0.3, -0.25) is 0 Å². The molecule has 0 aromatic carbocycles. The van der Waals surface area contributed by atoms with Crippen LogP contribution in [0.5, 0.6) is 0 Å². The van der Waals surface area contributed by atoms with Crippen molar-refractivity contribution in [3.05, 3.63) is 75.9 Å². The van der Waals surface area contributed by atoms with Crippen LogP contribution in [0.25, 0.3) is 0 Å². The second kappa shape index (κ2) is 52.4. The standard InChI is InChI=1S/C53H84O25/c1-7-46(54)73-15-13-14-60-16-22-66-38-52(39-67-23-17-61-28-33-74-47(55)8-2,40-68-24-18-62-29-34-75-48(56)9-3)44-72-45-53(41-69-25-19-63-30-35-76-49(57)10-4,42-70-26-20-64-31-36-77-50(58)11-5)43-71-27-21-65-32-37-78-51(59)12-6/h7-12H,1-6,13-45H2. The van der Waals surface area contributed by atoms with Crippen molar-refractivity contribution in [1.82, 2.24) is 0 Å². The topological polar surface area (TPSA) is 278 Å². The lowest BCUT2D eigenvalue weighted by Crippen LogP contribution is -2.46. The van der Waals surface area contributed by atoms with Crippen LogP contribution in [0, 0.1) is 10.8 Å². The monoisotopic (exact) mass is 1120 g/mol. The minimum atomic E-state index is -1.01. The summed E-state index contributed by atoms with van der Waals surface area (Å²) in [5.41, 5.74) is -2.01. The summed E-state index contributed by atoms with van der Waals surface area (Å²) >= 11 is 0. The van der Waals surface area contributed by atoms with E-state index >= 15 is 0 Å². The Kier molecular flexibility index (Phi) is 48.9. The molecule has 0 aliphatic rings. The van der Waals surface area contributed by atoms with E-state index in [-0.39, 0.29) is 205 Å². The fourth-order valence-corrected chi connectivity index (χ4v) is 5.73. The first-order chi connectivity index (χ1) is 37.9. The smallest absolute Gasteiger partial charge is 0.330 e. The number of hydrogen-bond acceptors (Lipinski definition) is 25. The van der Waals surface area contributed by atoms with E-state index in [9.17, 15) is 28.8 Å². The summed E-state index contributed by atoms with van der Waals surface area (Å²) < 4.78 is 107. The van der Waals surface area contributed by atoms with Crippen molar-refractivity contribution in [1.29, 1.82) is 0 Å². The van der Waals surface area contributed by atoms with Gasteiger partial charge in [-0.2, -0.15) is 0 Å². The average Bonchev–Trinajstić information content (AvgIpc) is 3.45. The molecule has 0 radical (unpaired) electrons. The van der Waals surface area contributed by atoms with E-state index in [1.165, 1.54) is 0 Å². The van der Waals surface area contributed by atoms with Crippen LogP contribution in [-0.4, -0.2) is 247 Å². The van der Waals surface area contributed by atoms with Gasteiger partial charge < -0.3 is 90.0 Å². The Morgan fingerprint density at radius 1 is 0.218 bits per heavy atom. The second-order valence-electron chi connectivity index (χ2n) is 16.1. The van der Waals surface area contributed by atoms with Crippen molar-refractivity contribution in [2.45, 2.75) is 6.42 Å². The van der Waals surface area contributed by atoms with E-state index in [1.54, 1.807) is 0 Å². The van der Waals surface area contributed by atoms with Crippen molar-refractivity contribution >= 4 is 35.8 Å². The maximum absolute atomic E-state index is 11.4. The molecule has 0 aromatic heterocycles. The first-order valence-corrected chi connectivity index (χ1v) is 25.2. The van der Waals surface area contributed by atoms with Crippen molar-refractivity contribution < 1.29 is 119 Å². The van der Waals surface area contributed by atoms with Gasteiger partial charge >= 0.3 is 35.8 Å². The second-order valence-corrected chi connectivity index (χ2v) is 16.1. The number of hydrogen-bond donors (Lipinski definition) is 0. The Labute approximate surface area is 458 Å². The van der Waals surface area contributed by atoms with Gasteiger partial charge in [0.15, 0.2) is 0 Å². The molecule has 0 aliphatic carbocycles. The molecule has 0 bridgehead atoms. The SMILES string of the molecule is C=CC(=O)OCCCOCCOCC(COCCOCCOC(=O)C=C)(COCCOCCOC(=O)C=C)COCC(COCCOCCOC(=O)C=C)(COCCOCCOC(=O)C=C)COCCOCCOC(=O)C=C. The summed E-state index contributed by atoms with van der Waals surface area (Å²) in [4.78, 5) is 68.6. The summed E-state index contributed by atoms with van der Waals surface area (Å²) in [5.74, 6) is -3.41. The number of rotatable bonds is 59. The number of carbonyl (C=O) groups is 6. The zero-order valence-electron chi connectivity index (χ0n) is 45.2. The van der Waals surface area contributed by atoms with Gasteiger partial charge in [-0.05, 0) is 0 Å². The quantitative estimate of drug-likeness (QED) is 0.0364. The largest absolute Gasteiger partial charge is 0.462 e. The zero-order chi connectivity index (χ0) is 57.5. The molecule has 446 valence electrons. The lowest BCUT2D eigenvalue weighted by Gasteiger charge is -2.37. The average molecular weight is 1120 g/mol. The van der Waals surface area contributed by atoms with Crippen molar-refractivity contribution in [2.24, 2.45) is 10.8 Å². The Balaban J connectivity index is 6.56. The summed E-state index contributed by atoms with van der Waals surface area (Å²) in [6.07, 6.45) is 6.80. The molecule has 0 amide bonds. The van der Waals surface area contributed by atoms with Crippen LogP contribution in [0.2, 0.25) is 0 Å². The van der Waals surface area contributed by atoms with Gasteiger partial charge in [0, 0.05) is 49.5 Å². The van der Waals surface area contributed by atoms with Gasteiger partial charge in [-0.1, -0.05) is 39.5 Å². The molecule has 0 heterocycles. The molecule has 0 spiro atoms. The molecular weight excluding hydrogens is 1040 g/mol. The van der Waals surface area contributed by atoms with Crippen LogP contribution >= 0.6 is 0 Å². The number of carbonyl (C=O) groups excluding carboxylic acids is 6. The predicted molar refractivity (Wildman–Crippen MR) is 277 cm³/mol. The predicted octanol–water partition coefficient (Wildman–Crippen LogP) is 1.94. The normalized spacial score (nSPS) is 11.2. The summed E-state index contributed by atoms with van der Waals surface area (Å²) in [5, 5.41) is 0. The molecule has 25 heteroatoms. The van der Waals surface area contributed by atoms with Crippen LogP contribution < -0.4 is 0 Å². The van der Waals surface area contributed by atoms with Gasteiger partial charge in [-0.25, -0.2) is 28.8 Å². The number of ether oxygens (including phenoxy) is 19. The molecule has 78 heavy (non-hydrogen) atoms. The van der Waals surface area contributed by atoms with Gasteiger partial charge in [0.05, 0.1) is 183 Å². The molecule has 0 aliphatic heterocycles. The van der Waals surface area contributed by atoms with E-state index in [0.717, 1.165) is 36.5 Å². The highest BCUT2D eigenvalue weighted by atomic mass is 16.6. The minimum absolute atomic E-state index is 0.0171. The lowest BCUT2D eigenvalue weighted by atomic mass is 9.90. The van der Waals surface area contributed by atoms with E-state index in [2.05, 4.69) is 39.5 Å². The van der Waals surface area contributed by atoms with E-state index in [0.29, 0.717) is 13.0 Å². The molecule has 0 aromatic rings. The molecule has 0 saturated carbocycles. The van der Waals surface area contributed by atoms with E-state index < -0.39 is 46.6 Å². The number of esters is 6.